The van der Waals surface area contributed by atoms with Crippen LogP contribution in [0.4, 0.5) is 27.8 Å². The zero-order valence-corrected chi connectivity index (χ0v) is 18.2. The lowest BCUT2D eigenvalue weighted by molar-refractivity contribution is -0.00484. The van der Waals surface area contributed by atoms with Crippen LogP contribution < -0.4 is 16.4 Å². The van der Waals surface area contributed by atoms with Crippen LogP contribution in [0.15, 0.2) is 40.1 Å². The standard InChI is InChI=1S/C22H21F5N4O3/c1-11(12-4-3-5-13(17(12)23)18(24)25)28-19-15-9-31(22(21(26)27)6-7-34-10-22)16(32)8-14(15)20(33)30(2)29-19/h3-5,8-9,11,18,21H,6-7,10H2,1-2H3,(H,28,29). The van der Waals surface area contributed by atoms with Crippen molar-refractivity contribution in [1.29, 1.82) is 0 Å². The third-order valence-electron chi connectivity index (χ3n) is 6.11. The number of nitrogens with zero attached hydrogens (tertiary/aromatic N) is 3. The van der Waals surface area contributed by atoms with Crippen LogP contribution >= 0.6 is 0 Å². The molecule has 12 heteroatoms. The summed E-state index contributed by atoms with van der Waals surface area (Å²) in [4.78, 5) is 25.4. The number of halogens is 5. The fourth-order valence-electron chi connectivity index (χ4n) is 4.17. The molecule has 2 aromatic heterocycles. The van der Waals surface area contributed by atoms with Gasteiger partial charge in [-0.15, -0.1) is 0 Å². The van der Waals surface area contributed by atoms with Crippen molar-refractivity contribution in [3.8, 4) is 0 Å². The van der Waals surface area contributed by atoms with Crippen LogP contribution in [0, 0.1) is 5.82 Å². The largest absolute Gasteiger partial charge is 0.379 e. The Bertz CT molecular complexity index is 1350. The smallest absolute Gasteiger partial charge is 0.274 e. The highest BCUT2D eigenvalue weighted by atomic mass is 19.3. The SMILES string of the molecule is CC(Nc1nn(C)c(=O)c2cc(=O)n(C3(C(F)F)CCOC3)cc12)c1cccc(C(F)F)c1F. The number of rotatable bonds is 6. The number of anilines is 1. The van der Waals surface area contributed by atoms with E-state index in [0.29, 0.717) is 0 Å². The minimum Gasteiger partial charge on any atom is -0.379 e. The summed E-state index contributed by atoms with van der Waals surface area (Å²) in [7, 11) is 1.33. The summed E-state index contributed by atoms with van der Waals surface area (Å²) in [6.45, 7) is 1.14. The molecule has 0 bridgehead atoms. The van der Waals surface area contributed by atoms with Crippen molar-refractivity contribution in [2.24, 2.45) is 7.05 Å². The first-order chi connectivity index (χ1) is 16.1. The molecule has 3 heterocycles. The maximum Gasteiger partial charge on any atom is 0.274 e. The molecule has 4 rings (SSSR count). The van der Waals surface area contributed by atoms with Gasteiger partial charge in [-0.25, -0.2) is 26.6 Å². The number of hydrogen-bond acceptors (Lipinski definition) is 5. The Hall–Kier alpha value is -3.28. The summed E-state index contributed by atoms with van der Waals surface area (Å²) in [6.07, 6.45) is -4.93. The van der Waals surface area contributed by atoms with Crippen LogP contribution in [-0.2, 0) is 17.3 Å². The molecule has 2 unspecified atom stereocenters. The van der Waals surface area contributed by atoms with Crippen molar-refractivity contribution in [3.05, 3.63) is 68.1 Å². The van der Waals surface area contributed by atoms with E-state index >= 15 is 0 Å². The van der Waals surface area contributed by atoms with Crippen LogP contribution in [0.25, 0.3) is 10.8 Å². The lowest BCUT2D eigenvalue weighted by atomic mass is 9.98. The summed E-state index contributed by atoms with van der Waals surface area (Å²) < 4.78 is 75.9. The molecular formula is C22H21F5N4O3. The number of aromatic nitrogens is 3. The maximum atomic E-state index is 14.7. The topological polar surface area (TPSA) is 78.2 Å². The Morgan fingerprint density at radius 2 is 1.85 bits per heavy atom. The molecule has 1 fully saturated rings. The molecule has 1 aliphatic rings. The van der Waals surface area contributed by atoms with Gasteiger partial charge in [-0.3, -0.25) is 9.59 Å². The number of ether oxygens (including phenoxy) is 1. The number of alkyl halides is 4. The number of nitrogens with one attached hydrogen (secondary N) is 1. The predicted molar refractivity (Wildman–Crippen MR) is 114 cm³/mol. The van der Waals surface area contributed by atoms with Crippen molar-refractivity contribution in [1.82, 2.24) is 14.3 Å². The van der Waals surface area contributed by atoms with Crippen LogP contribution in [-0.4, -0.2) is 34.0 Å². The molecule has 0 spiro atoms. The minimum absolute atomic E-state index is 0.0106. The summed E-state index contributed by atoms with van der Waals surface area (Å²) in [5.41, 5.74) is -4.21. The van der Waals surface area contributed by atoms with Gasteiger partial charge in [0.2, 0.25) is 0 Å². The average Bonchev–Trinajstić information content (AvgIpc) is 3.28. The van der Waals surface area contributed by atoms with Crippen molar-refractivity contribution in [3.63, 3.8) is 0 Å². The van der Waals surface area contributed by atoms with Crippen molar-refractivity contribution >= 4 is 16.6 Å². The molecule has 1 aliphatic heterocycles. The van der Waals surface area contributed by atoms with Gasteiger partial charge < -0.3 is 14.6 Å². The van der Waals surface area contributed by atoms with Crippen molar-refractivity contribution in [2.75, 3.05) is 18.5 Å². The maximum absolute atomic E-state index is 14.7. The fourth-order valence-corrected chi connectivity index (χ4v) is 4.17. The molecule has 1 aromatic carbocycles. The molecule has 1 N–H and O–H groups in total. The molecule has 7 nitrogen and oxygen atoms in total. The number of benzene rings is 1. The van der Waals surface area contributed by atoms with Gasteiger partial charge in [0.05, 0.1) is 23.6 Å². The third-order valence-corrected chi connectivity index (χ3v) is 6.11. The normalized spacial score (nSPS) is 19.3. The average molecular weight is 484 g/mol. The van der Waals surface area contributed by atoms with Crippen LogP contribution in [0.2, 0.25) is 0 Å². The van der Waals surface area contributed by atoms with Gasteiger partial charge in [0, 0.05) is 43.3 Å². The first kappa shape index (κ1) is 23.9. The van der Waals surface area contributed by atoms with Gasteiger partial charge in [0.25, 0.3) is 24.0 Å². The highest BCUT2D eigenvalue weighted by Gasteiger charge is 2.46. The lowest BCUT2D eigenvalue weighted by Gasteiger charge is -2.29. The van der Waals surface area contributed by atoms with Crippen molar-refractivity contribution < 1.29 is 26.7 Å². The minimum atomic E-state index is -3.02. The second-order valence-corrected chi connectivity index (χ2v) is 8.21. The summed E-state index contributed by atoms with van der Waals surface area (Å²) in [6, 6.07) is 3.64. The van der Waals surface area contributed by atoms with E-state index in [1.54, 1.807) is 0 Å². The van der Waals surface area contributed by atoms with Crippen LogP contribution in [0.1, 0.15) is 36.9 Å². The van der Waals surface area contributed by atoms with Gasteiger partial charge in [0.15, 0.2) is 5.82 Å². The van der Waals surface area contributed by atoms with E-state index in [1.807, 2.05) is 0 Å². The van der Waals surface area contributed by atoms with Gasteiger partial charge in [-0.1, -0.05) is 18.2 Å². The fraction of sp³-hybridized carbons (Fsp3) is 0.409. The second-order valence-electron chi connectivity index (χ2n) is 8.21. The molecule has 0 amide bonds. The highest BCUT2D eigenvalue weighted by molar-refractivity contribution is 5.90. The first-order valence-corrected chi connectivity index (χ1v) is 10.4. The van der Waals surface area contributed by atoms with Crippen molar-refractivity contribution in [2.45, 2.75) is 37.8 Å². The third kappa shape index (κ3) is 3.85. The summed E-state index contributed by atoms with van der Waals surface area (Å²) in [5, 5.41) is 6.94. The Labute approximate surface area is 189 Å². The molecule has 3 aromatic rings. The van der Waals surface area contributed by atoms with Gasteiger partial charge >= 0.3 is 0 Å². The predicted octanol–water partition coefficient (Wildman–Crippen LogP) is 3.73. The second kappa shape index (κ2) is 8.82. The van der Waals surface area contributed by atoms with Gasteiger partial charge in [-0.2, -0.15) is 5.10 Å². The Morgan fingerprint density at radius 1 is 1.15 bits per heavy atom. The Morgan fingerprint density at radius 3 is 2.47 bits per heavy atom. The number of fused-ring (bicyclic) bond motifs is 1. The van der Waals surface area contributed by atoms with E-state index in [9.17, 15) is 31.5 Å². The highest BCUT2D eigenvalue weighted by Crippen LogP contribution is 2.34. The summed E-state index contributed by atoms with van der Waals surface area (Å²) in [5.74, 6) is -1.10. The number of hydrogen-bond donors (Lipinski definition) is 1. The lowest BCUT2D eigenvalue weighted by Crippen LogP contribution is -2.47. The first-order valence-electron chi connectivity index (χ1n) is 10.4. The molecule has 34 heavy (non-hydrogen) atoms. The summed E-state index contributed by atoms with van der Waals surface area (Å²) >= 11 is 0. The van der Waals surface area contributed by atoms with Crippen LogP contribution in [0.3, 0.4) is 0 Å². The van der Waals surface area contributed by atoms with E-state index in [0.717, 1.165) is 27.6 Å². The monoisotopic (exact) mass is 484 g/mol. The van der Waals surface area contributed by atoms with E-state index in [4.69, 9.17) is 4.74 Å². The zero-order chi connectivity index (χ0) is 24.8. The number of pyridine rings is 1. The Balaban J connectivity index is 1.87. The van der Waals surface area contributed by atoms with E-state index in [2.05, 4.69) is 10.4 Å². The van der Waals surface area contributed by atoms with E-state index in [1.165, 1.54) is 26.1 Å². The van der Waals surface area contributed by atoms with Gasteiger partial charge in [-0.05, 0) is 6.92 Å². The van der Waals surface area contributed by atoms with Crippen LogP contribution in [0.5, 0.6) is 0 Å². The van der Waals surface area contributed by atoms with E-state index in [-0.39, 0.29) is 41.8 Å². The number of aryl methyl sites for hydroxylation is 1. The quantitative estimate of drug-likeness (QED) is 0.540. The van der Waals surface area contributed by atoms with Gasteiger partial charge in [0.1, 0.15) is 11.4 Å². The van der Waals surface area contributed by atoms with E-state index < -0.39 is 46.9 Å². The molecule has 0 aliphatic carbocycles. The molecule has 2 atom stereocenters. The molecule has 182 valence electrons. The Kier molecular flexibility index (Phi) is 6.19. The molecule has 0 saturated carbocycles. The molecule has 0 radical (unpaired) electrons. The molecular weight excluding hydrogens is 463 g/mol. The zero-order valence-electron chi connectivity index (χ0n) is 18.2. The molecule has 1 saturated heterocycles.